The average Bonchev–Trinajstić information content (AvgIpc) is 2.55. The first-order chi connectivity index (χ1) is 10.6. The summed E-state index contributed by atoms with van der Waals surface area (Å²) in [5.74, 6) is -1.14. The lowest BCUT2D eigenvalue weighted by molar-refractivity contribution is 0.519. The first-order valence-electron chi connectivity index (χ1n) is 7.62. The zero-order valence-electron chi connectivity index (χ0n) is 12.5. The predicted octanol–water partition coefficient (Wildman–Crippen LogP) is 4.67. The summed E-state index contributed by atoms with van der Waals surface area (Å²) in [5, 5.41) is 8.85. The van der Waals surface area contributed by atoms with Crippen molar-refractivity contribution in [3.05, 3.63) is 69.8 Å². The zero-order chi connectivity index (χ0) is 15.7. The van der Waals surface area contributed by atoms with Crippen molar-refractivity contribution >= 4 is 0 Å². The summed E-state index contributed by atoms with van der Waals surface area (Å²) in [6, 6.07) is 11.4. The largest absolute Gasteiger partial charge is 0.205 e. The van der Waals surface area contributed by atoms with Gasteiger partial charge in [-0.05, 0) is 59.9 Å². The van der Waals surface area contributed by atoms with Gasteiger partial charge in [0.2, 0.25) is 0 Å². The summed E-state index contributed by atoms with van der Waals surface area (Å²) in [5.41, 5.74) is 3.26. The third-order valence-corrected chi connectivity index (χ3v) is 4.59. The Morgan fingerprint density at radius 3 is 2.59 bits per heavy atom. The van der Waals surface area contributed by atoms with Crippen molar-refractivity contribution in [1.82, 2.24) is 0 Å². The number of hydrogen-bond acceptors (Lipinski definition) is 1. The molecule has 1 unspecified atom stereocenters. The maximum absolute atomic E-state index is 14.2. The molecule has 0 N–H and O–H groups in total. The summed E-state index contributed by atoms with van der Waals surface area (Å²) >= 11 is 0. The Morgan fingerprint density at radius 1 is 1.23 bits per heavy atom. The molecule has 0 radical (unpaired) electrons. The molecule has 2 aromatic rings. The van der Waals surface area contributed by atoms with Gasteiger partial charge in [0.1, 0.15) is 23.3 Å². The molecular weight excluding hydrogens is 280 g/mol. The lowest BCUT2D eigenvalue weighted by atomic mass is 9.79. The Hall–Kier alpha value is -2.21. The molecule has 0 aliphatic heterocycles. The Labute approximate surface area is 129 Å². The van der Waals surface area contributed by atoms with E-state index < -0.39 is 17.2 Å². The maximum Gasteiger partial charge on any atom is 0.147 e. The molecule has 0 amide bonds. The average molecular weight is 297 g/mol. The van der Waals surface area contributed by atoms with Crippen molar-refractivity contribution in [2.24, 2.45) is 0 Å². The highest BCUT2D eigenvalue weighted by molar-refractivity contribution is 5.44. The normalized spacial score (nSPS) is 16.9. The minimum atomic E-state index is -0.749. The van der Waals surface area contributed by atoms with Gasteiger partial charge >= 0.3 is 0 Å². The Bertz CT molecular complexity index is 742. The van der Waals surface area contributed by atoms with Gasteiger partial charge in [-0.15, -0.1) is 0 Å². The quantitative estimate of drug-likeness (QED) is 0.790. The number of nitriles is 1. The van der Waals surface area contributed by atoms with E-state index in [-0.39, 0.29) is 5.92 Å². The van der Waals surface area contributed by atoms with Gasteiger partial charge in [0, 0.05) is 0 Å². The number of hydrogen-bond donors (Lipinski definition) is 0. The van der Waals surface area contributed by atoms with E-state index in [1.54, 1.807) is 6.07 Å². The monoisotopic (exact) mass is 297 g/mol. The molecule has 0 heterocycles. The van der Waals surface area contributed by atoms with Crippen LogP contribution in [0.3, 0.4) is 0 Å². The second-order valence-corrected chi connectivity index (χ2v) is 5.83. The van der Waals surface area contributed by atoms with E-state index in [2.05, 4.69) is 31.2 Å². The van der Waals surface area contributed by atoms with Crippen molar-refractivity contribution in [2.45, 2.75) is 38.5 Å². The van der Waals surface area contributed by atoms with Crippen LogP contribution in [0.15, 0.2) is 30.3 Å². The molecule has 1 nitrogen and oxygen atoms in total. The highest BCUT2D eigenvalue weighted by atomic mass is 19.1. The minimum absolute atomic E-state index is 0.283. The van der Waals surface area contributed by atoms with E-state index in [1.165, 1.54) is 17.2 Å². The second kappa shape index (κ2) is 5.88. The number of benzene rings is 2. The van der Waals surface area contributed by atoms with Crippen LogP contribution >= 0.6 is 0 Å². The van der Waals surface area contributed by atoms with Crippen molar-refractivity contribution in [1.29, 1.82) is 5.26 Å². The molecule has 3 heteroatoms. The fourth-order valence-electron chi connectivity index (χ4n) is 3.26. The van der Waals surface area contributed by atoms with Crippen LogP contribution in [0.4, 0.5) is 8.78 Å². The van der Waals surface area contributed by atoms with Crippen molar-refractivity contribution in [3.8, 4) is 6.07 Å². The predicted molar refractivity (Wildman–Crippen MR) is 81.7 cm³/mol. The third-order valence-electron chi connectivity index (χ3n) is 4.59. The maximum atomic E-state index is 14.2. The third kappa shape index (κ3) is 2.50. The van der Waals surface area contributed by atoms with Gasteiger partial charge in [-0.2, -0.15) is 5.26 Å². The van der Waals surface area contributed by atoms with Crippen molar-refractivity contribution in [2.75, 3.05) is 0 Å². The van der Waals surface area contributed by atoms with Gasteiger partial charge in [0.25, 0.3) is 0 Å². The van der Waals surface area contributed by atoms with E-state index in [9.17, 15) is 8.78 Å². The molecule has 3 rings (SSSR count). The number of halogens is 2. The molecule has 0 saturated carbocycles. The molecule has 0 fully saturated rings. The summed E-state index contributed by atoms with van der Waals surface area (Å²) < 4.78 is 28.0. The standard InChI is InChI=1S/C19H17F2N/c1-2-12-3-5-13(6-4-12)14-7-8-16-15(9-14)10-18(20)17(11-22)19(16)21/h3-6,10,14H,2,7-9H2,1H3. The number of rotatable bonds is 2. The molecular formula is C19H17F2N. The lowest BCUT2D eigenvalue weighted by Crippen LogP contribution is -2.16. The molecule has 112 valence electrons. The fraction of sp³-hybridized carbons (Fsp3) is 0.316. The summed E-state index contributed by atoms with van der Waals surface area (Å²) in [7, 11) is 0. The highest BCUT2D eigenvalue weighted by Gasteiger charge is 2.26. The smallest absolute Gasteiger partial charge is 0.147 e. The van der Waals surface area contributed by atoms with Crippen LogP contribution in [-0.2, 0) is 19.3 Å². The Balaban J connectivity index is 1.92. The Morgan fingerprint density at radius 2 is 1.95 bits per heavy atom. The summed E-state index contributed by atoms with van der Waals surface area (Å²) in [6.07, 6.45) is 3.00. The van der Waals surface area contributed by atoms with Gasteiger partial charge in [0.05, 0.1) is 0 Å². The lowest BCUT2D eigenvalue weighted by Gasteiger charge is -2.26. The molecule has 1 aliphatic carbocycles. The molecule has 2 aromatic carbocycles. The number of nitrogens with zero attached hydrogens (tertiary/aromatic N) is 1. The second-order valence-electron chi connectivity index (χ2n) is 5.83. The van der Waals surface area contributed by atoms with Crippen LogP contribution in [0.5, 0.6) is 0 Å². The van der Waals surface area contributed by atoms with Crippen LogP contribution in [0.2, 0.25) is 0 Å². The van der Waals surface area contributed by atoms with Crippen LogP contribution in [-0.4, -0.2) is 0 Å². The molecule has 0 saturated heterocycles. The number of fused-ring (bicyclic) bond motifs is 1. The molecule has 0 spiro atoms. The first kappa shape index (κ1) is 14.7. The van der Waals surface area contributed by atoms with E-state index in [0.29, 0.717) is 24.0 Å². The minimum Gasteiger partial charge on any atom is -0.205 e. The van der Waals surface area contributed by atoms with Crippen LogP contribution in [0.1, 0.15) is 47.1 Å². The van der Waals surface area contributed by atoms with Gasteiger partial charge in [-0.25, -0.2) is 8.78 Å². The van der Waals surface area contributed by atoms with E-state index in [1.807, 2.05) is 0 Å². The van der Waals surface area contributed by atoms with Gasteiger partial charge in [-0.3, -0.25) is 0 Å². The SMILES string of the molecule is CCc1ccc(C2CCc3c(cc(F)c(C#N)c3F)C2)cc1. The number of aryl methyl sites for hydroxylation is 1. The highest BCUT2D eigenvalue weighted by Crippen LogP contribution is 2.35. The molecule has 0 aromatic heterocycles. The van der Waals surface area contributed by atoms with E-state index in [0.717, 1.165) is 12.8 Å². The molecule has 1 aliphatic rings. The van der Waals surface area contributed by atoms with E-state index >= 15 is 0 Å². The zero-order valence-corrected chi connectivity index (χ0v) is 12.5. The molecule has 22 heavy (non-hydrogen) atoms. The van der Waals surface area contributed by atoms with Gasteiger partial charge in [0.15, 0.2) is 0 Å². The van der Waals surface area contributed by atoms with Crippen LogP contribution in [0.25, 0.3) is 0 Å². The topological polar surface area (TPSA) is 23.8 Å². The molecule has 0 bridgehead atoms. The van der Waals surface area contributed by atoms with Gasteiger partial charge in [-0.1, -0.05) is 31.2 Å². The van der Waals surface area contributed by atoms with Crippen LogP contribution < -0.4 is 0 Å². The van der Waals surface area contributed by atoms with Crippen molar-refractivity contribution in [3.63, 3.8) is 0 Å². The summed E-state index contributed by atoms with van der Waals surface area (Å²) in [4.78, 5) is 0. The Kier molecular flexibility index (Phi) is 3.94. The molecule has 1 atom stereocenters. The van der Waals surface area contributed by atoms with E-state index in [4.69, 9.17) is 5.26 Å². The fourth-order valence-corrected chi connectivity index (χ4v) is 3.26. The summed E-state index contributed by atoms with van der Waals surface area (Å²) in [6.45, 7) is 2.12. The van der Waals surface area contributed by atoms with Crippen LogP contribution in [0, 0.1) is 23.0 Å². The first-order valence-corrected chi connectivity index (χ1v) is 7.62. The van der Waals surface area contributed by atoms with Crippen molar-refractivity contribution < 1.29 is 8.78 Å². The van der Waals surface area contributed by atoms with Gasteiger partial charge < -0.3 is 0 Å².